The maximum atomic E-state index is 12.0. The van der Waals surface area contributed by atoms with Crippen molar-refractivity contribution in [2.75, 3.05) is 25.0 Å². The van der Waals surface area contributed by atoms with Gasteiger partial charge in [-0.2, -0.15) is 0 Å². The van der Waals surface area contributed by atoms with Gasteiger partial charge in [0.05, 0.1) is 18.3 Å². The minimum absolute atomic E-state index is 0.0871. The van der Waals surface area contributed by atoms with Gasteiger partial charge >= 0.3 is 0 Å². The van der Waals surface area contributed by atoms with E-state index in [0.29, 0.717) is 24.3 Å². The lowest BCUT2D eigenvalue weighted by Crippen LogP contribution is -2.33. The molecule has 1 saturated heterocycles. The Morgan fingerprint density at radius 3 is 3.00 bits per heavy atom. The van der Waals surface area contributed by atoms with Crippen LogP contribution < -0.4 is 5.32 Å². The number of likely N-dealkylation sites (tertiary alicyclic amines) is 1. The molecule has 0 bridgehead atoms. The van der Waals surface area contributed by atoms with Crippen molar-refractivity contribution < 1.29 is 14.4 Å². The molecule has 1 saturated carbocycles. The number of carbonyl (C=O) groups is 1. The van der Waals surface area contributed by atoms with Crippen LogP contribution in [-0.2, 0) is 4.79 Å². The fraction of sp³-hybridized carbons (Fsp3) is 0.733. The average Bonchev–Trinajstić information content (AvgIpc) is 3.08. The molecule has 1 aromatic rings. The van der Waals surface area contributed by atoms with Crippen LogP contribution in [-0.4, -0.2) is 46.8 Å². The molecule has 1 aliphatic heterocycles. The molecule has 1 aromatic heterocycles. The zero-order chi connectivity index (χ0) is 15.0. The summed E-state index contributed by atoms with van der Waals surface area (Å²) in [6.45, 7) is 6.11. The molecular weight excluding hydrogens is 270 g/mol. The van der Waals surface area contributed by atoms with Crippen LogP contribution in [0.5, 0.6) is 0 Å². The van der Waals surface area contributed by atoms with E-state index in [1.807, 2.05) is 13.8 Å². The number of rotatable bonds is 4. The SMILES string of the molecule is CC(C)c1cc(NC(=O)CN2CC3CCC(O)C3C2)on1. The Morgan fingerprint density at radius 1 is 1.52 bits per heavy atom. The minimum Gasteiger partial charge on any atom is -0.393 e. The van der Waals surface area contributed by atoms with E-state index in [0.717, 1.165) is 31.6 Å². The first-order chi connectivity index (χ1) is 10.0. The van der Waals surface area contributed by atoms with Gasteiger partial charge in [-0.25, -0.2) is 0 Å². The summed E-state index contributed by atoms with van der Waals surface area (Å²) >= 11 is 0. The van der Waals surface area contributed by atoms with Gasteiger partial charge in [0, 0.05) is 25.1 Å². The number of nitrogens with zero attached hydrogens (tertiary/aromatic N) is 2. The predicted octanol–water partition coefficient (Wildman–Crippen LogP) is 1.44. The topological polar surface area (TPSA) is 78.6 Å². The van der Waals surface area contributed by atoms with Crippen molar-refractivity contribution in [3.63, 3.8) is 0 Å². The van der Waals surface area contributed by atoms with E-state index in [1.54, 1.807) is 6.07 Å². The van der Waals surface area contributed by atoms with E-state index in [-0.39, 0.29) is 17.9 Å². The van der Waals surface area contributed by atoms with E-state index < -0.39 is 0 Å². The molecule has 3 rings (SSSR count). The molecule has 2 heterocycles. The molecule has 1 amide bonds. The first-order valence-electron chi connectivity index (χ1n) is 7.70. The highest BCUT2D eigenvalue weighted by atomic mass is 16.5. The third kappa shape index (κ3) is 3.11. The average molecular weight is 293 g/mol. The largest absolute Gasteiger partial charge is 0.393 e. The molecule has 116 valence electrons. The molecule has 1 aliphatic carbocycles. The van der Waals surface area contributed by atoms with Crippen molar-refractivity contribution in [2.24, 2.45) is 11.8 Å². The fourth-order valence-electron chi connectivity index (χ4n) is 3.46. The van der Waals surface area contributed by atoms with Crippen LogP contribution in [0, 0.1) is 11.8 Å². The smallest absolute Gasteiger partial charge is 0.240 e. The second-order valence-corrected chi connectivity index (χ2v) is 6.58. The quantitative estimate of drug-likeness (QED) is 0.878. The molecular formula is C15H23N3O3. The first-order valence-corrected chi connectivity index (χ1v) is 7.70. The van der Waals surface area contributed by atoms with Crippen LogP contribution >= 0.6 is 0 Å². The molecule has 3 atom stereocenters. The first kappa shape index (κ1) is 14.5. The molecule has 3 unspecified atom stereocenters. The summed E-state index contributed by atoms with van der Waals surface area (Å²) in [6, 6.07) is 1.77. The fourth-order valence-corrected chi connectivity index (χ4v) is 3.46. The van der Waals surface area contributed by atoms with E-state index in [9.17, 15) is 9.90 Å². The summed E-state index contributed by atoms with van der Waals surface area (Å²) in [7, 11) is 0. The van der Waals surface area contributed by atoms with Crippen LogP contribution in [0.2, 0.25) is 0 Å². The number of fused-ring (bicyclic) bond motifs is 1. The number of aliphatic hydroxyl groups is 1. The van der Waals surface area contributed by atoms with Crippen LogP contribution in [0.1, 0.15) is 38.3 Å². The van der Waals surface area contributed by atoms with Gasteiger partial charge in [-0.1, -0.05) is 19.0 Å². The molecule has 6 nitrogen and oxygen atoms in total. The Kier molecular flexibility index (Phi) is 3.99. The highest BCUT2D eigenvalue weighted by molar-refractivity contribution is 5.91. The number of hydrogen-bond acceptors (Lipinski definition) is 5. The summed E-state index contributed by atoms with van der Waals surface area (Å²) in [5.74, 6) is 1.49. The molecule has 2 aliphatic rings. The number of amides is 1. The number of nitrogens with one attached hydrogen (secondary N) is 1. The highest BCUT2D eigenvalue weighted by Gasteiger charge is 2.42. The normalized spacial score (nSPS) is 29.0. The lowest BCUT2D eigenvalue weighted by atomic mass is 10.00. The number of carbonyl (C=O) groups excluding carboxylic acids is 1. The summed E-state index contributed by atoms with van der Waals surface area (Å²) in [4.78, 5) is 14.2. The molecule has 0 radical (unpaired) electrons. The van der Waals surface area contributed by atoms with Crippen molar-refractivity contribution in [1.29, 1.82) is 0 Å². The van der Waals surface area contributed by atoms with Crippen LogP contribution in [0.25, 0.3) is 0 Å². The van der Waals surface area contributed by atoms with Crippen molar-refractivity contribution >= 4 is 11.8 Å². The van der Waals surface area contributed by atoms with Gasteiger partial charge in [-0.15, -0.1) is 0 Å². The second kappa shape index (κ2) is 5.77. The van der Waals surface area contributed by atoms with Gasteiger partial charge in [-0.3, -0.25) is 15.0 Å². The summed E-state index contributed by atoms with van der Waals surface area (Å²) < 4.78 is 5.11. The second-order valence-electron chi connectivity index (χ2n) is 6.58. The minimum atomic E-state index is -0.189. The molecule has 0 aromatic carbocycles. The zero-order valence-electron chi connectivity index (χ0n) is 12.6. The number of anilines is 1. The number of aliphatic hydroxyl groups excluding tert-OH is 1. The molecule has 21 heavy (non-hydrogen) atoms. The van der Waals surface area contributed by atoms with Gasteiger partial charge < -0.3 is 9.63 Å². The van der Waals surface area contributed by atoms with Crippen LogP contribution in [0.3, 0.4) is 0 Å². The summed E-state index contributed by atoms with van der Waals surface area (Å²) in [6.07, 6.45) is 1.79. The standard InChI is InChI=1S/C15H23N3O3/c1-9(2)12-5-15(21-17-12)16-14(20)8-18-6-10-3-4-13(19)11(10)7-18/h5,9-11,13,19H,3-4,6-8H2,1-2H3,(H,16,20). The predicted molar refractivity (Wildman–Crippen MR) is 77.9 cm³/mol. The highest BCUT2D eigenvalue weighted by Crippen LogP contribution is 2.37. The Bertz CT molecular complexity index is 514. The van der Waals surface area contributed by atoms with E-state index >= 15 is 0 Å². The Morgan fingerprint density at radius 2 is 2.33 bits per heavy atom. The lowest BCUT2D eigenvalue weighted by molar-refractivity contribution is -0.117. The Labute approximate surface area is 124 Å². The molecule has 6 heteroatoms. The van der Waals surface area contributed by atoms with Crippen molar-refractivity contribution in [3.05, 3.63) is 11.8 Å². The lowest BCUT2D eigenvalue weighted by Gasteiger charge is -2.16. The maximum Gasteiger partial charge on any atom is 0.240 e. The van der Waals surface area contributed by atoms with E-state index in [2.05, 4.69) is 15.4 Å². The molecule has 0 spiro atoms. The van der Waals surface area contributed by atoms with Gasteiger partial charge in [0.2, 0.25) is 11.8 Å². The number of aromatic nitrogens is 1. The van der Waals surface area contributed by atoms with Gasteiger partial charge in [0.15, 0.2) is 0 Å². The van der Waals surface area contributed by atoms with Crippen molar-refractivity contribution in [3.8, 4) is 0 Å². The monoisotopic (exact) mass is 293 g/mol. The summed E-state index contributed by atoms with van der Waals surface area (Å²) in [5, 5.41) is 16.6. The van der Waals surface area contributed by atoms with Gasteiger partial charge in [0.1, 0.15) is 0 Å². The van der Waals surface area contributed by atoms with Crippen LogP contribution in [0.15, 0.2) is 10.6 Å². The molecule has 2 N–H and O–H groups in total. The maximum absolute atomic E-state index is 12.0. The third-order valence-corrected chi connectivity index (χ3v) is 4.64. The Hall–Kier alpha value is -1.40. The van der Waals surface area contributed by atoms with Crippen molar-refractivity contribution in [2.45, 2.75) is 38.7 Å². The van der Waals surface area contributed by atoms with E-state index in [1.165, 1.54) is 0 Å². The van der Waals surface area contributed by atoms with Gasteiger partial charge in [0.25, 0.3) is 0 Å². The zero-order valence-corrected chi connectivity index (χ0v) is 12.6. The summed E-state index contributed by atoms with van der Waals surface area (Å²) in [5.41, 5.74) is 0.837. The van der Waals surface area contributed by atoms with Crippen molar-refractivity contribution in [1.82, 2.24) is 10.1 Å². The van der Waals surface area contributed by atoms with E-state index in [4.69, 9.17) is 4.52 Å². The van der Waals surface area contributed by atoms with Crippen LogP contribution in [0.4, 0.5) is 5.88 Å². The van der Waals surface area contributed by atoms with Gasteiger partial charge in [-0.05, 0) is 24.7 Å². The molecule has 2 fully saturated rings. The Balaban J connectivity index is 1.50. The number of hydrogen-bond donors (Lipinski definition) is 2. The third-order valence-electron chi connectivity index (χ3n) is 4.64.